The van der Waals surface area contributed by atoms with Gasteiger partial charge in [-0.3, -0.25) is 19.3 Å². The van der Waals surface area contributed by atoms with Gasteiger partial charge in [0.2, 0.25) is 0 Å². The molecule has 4 rings (SSSR count). The van der Waals surface area contributed by atoms with E-state index < -0.39 is 29.2 Å². The number of carbonyl (C=O) groups is 3. The van der Waals surface area contributed by atoms with Crippen LogP contribution in [0, 0.1) is 5.82 Å². The third kappa shape index (κ3) is 3.95. The molecule has 160 valence electrons. The number of nitrogens with zero attached hydrogens (tertiary/aromatic N) is 2. The van der Waals surface area contributed by atoms with Crippen LogP contribution in [0.3, 0.4) is 0 Å². The second-order valence-electron chi connectivity index (χ2n) is 8.54. The van der Waals surface area contributed by atoms with Crippen LogP contribution in [0.15, 0.2) is 48.5 Å². The molecule has 2 aromatic carbocycles. The van der Waals surface area contributed by atoms with Gasteiger partial charge in [0.05, 0.1) is 0 Å². The lowest BCUT2D eigenvalue weighted by Crippen LogP contribution is -2.43. The first-order valence-electron chi connectivity index (χ1n) is 10.1. The van der Waals surface area contributed by atoms with Crippen molar-refractivity contribution >= 4 is 28.7 Å². The smallest absolute Gasteiger partial charge is 0.326 e. The Balaban J connectivity index is 1.74. The number of para-hydroxylation sites is 1. The van der Waals surface area contributed by atoms with E-state index in [2.05, 4.69) is 0 Å². The van der Waals surface area contributed by atoms with Crippen molar-refractivity contribution in [1.29, 1.82) is 0 Å². The fourth-order valence-electron chi connectivity index (χ4n) is 3.93. The van der Waals surface area contributed by atoms with Gasteiger partial charge in [-0.2, -0.15) is 0 Å². The average Bonchev–Trinajstić information content (AvgIpc) is 3.01. The molecule has 0 unspecified atom stereocenters. The van der Waals surface area contributed by atoms with Gasteiger partial charge in [0, 0.05) is 23.0 Å². The van der Waals surface area contributed by atoms with E-state index in [1.54, 1.807) is 25.3 Å². The molecule has 0 N–H and O–H groups in total. The Kier molecular flexibility index (Phi) is 5.13. The van der Waals surface area contributed by atoms with Gasteiger partial charge in [-0.1, -0.05) is 18.2 Å². The normalized spacial score (nSPS) is 13.9. The molecule has 2 heterocycles. The van der Waals surface area contributed by atoms with Crippen molar-refractivity contribution in [1.82, 2.24) is 9.47 Å². The molecule has 0 saturated heterocycles. The predicted octanol–water partition coefficient (Wildman–Crippen LogP) is 3.96. The molecule has 0 aliphatic carbocycles. The molecule has 2 amide bonds. The zero-order chi connectivity index (χ0) is 22.3. The van der Waals surface area contributed by atoms with Crippen molar-refractivity contribution in [3.05, 3.63) is 71.2 Å². The minimum atomic E-state index is -0.658. The molecule has 0 spiro atoms. The summed E-state index contributed by atoms with van der Waals surface area (Å²) in [4.78, 5) is 40.1. The highest BCUT2D eigenvalue weighted by Crippen LogP contribution is 2.31. The maximum absolute atomic E-state index is 13.4. The van der Waals surface area contributed by atoms with Gasteiger partial charge in [0.25, 0.3) is 11.8 Å². The second-order valence-corrected chi connectivity index (χ2v) is 8.54. The molecule has 6 nitrogen and oxygen atoms in total. The van der Waals surface area contributed by atoms with Crippen LogP contribution in [0.1, 0.15) is 47.2 Å². The van der Waals surface area contributed by atoms with Gasteiger partial charge in [-0.25, -0.2) is 4.39 Å². The quantitative estimate of drug-likeness (QED) is 0.473. The molecule has 0 atom stereocenters. The maximum atomic E-state index is 13.4. The minimum absolute atomic E-state index is 0.141. The maximum Gasteiger partial charge on any atom is 0.326 e. The first-order chi connectivity index (χ1) is 14.7. The number of carbonyl (C=O) groups excluding carboxylic acids is 3. The Hall–Kier alpha value is -3.48. The van der Waals surface area contributed by atoms with E-state index in [1.165, 1.54) is 24.3 Å². The van der Waals surface area contributed by atoms with Gasteiger partial charge in [0.15, 0.2) is 0 Å². The zero-order valence-electron chi connectivity index (χ0n) is 17.6. The van der Waals surface area contributed by atoms with Gasteiger partial charge >= 0.3 is 5.97 Å². The van der Waals surface area contributed by atoms with Crippen LogP contribution in [-0.4, -0.2) is 39.4 Å². The fourth-order valence-corrected chi connectivity index (χ4v) is 3.93. The van der Waals surface area contributed by atoms with Crippen LogP contribution in [0.25, 0.3) is 10.9 Å². The second kappa shape index (κ2) is 7.65. The molecule has 7 heteroatoms. The molecule has 1 aliphatic rings. The van der Waals surface area contributed by atoms with E-state index in [0.717, 1.165) is 21.4 Å². The first kappa shape index (κ1) is 20.8. The molecule has 0 fully saturated rings. The van der Waals surface area contributed by atoms with Crippen molar-refractivity contribution in [2.75, 3.05) is 6.54 Å². The van der Waals surface area contributed by atoms with Crippen molar-refractivity contribution in [2.24, 2.45) is 0 Å². The Bertz CT molecular complexity index is 1190. The monoisotopic (exact) mass is 422 g/mol. The largest absolute Gasteiger partial charge is 0.459 e. The number of amides is 2. The summed E-state index contributed by atoms with van der Waals surface area (Å²) in [5.41, 5.74) is 1.44. The van der Waals surface area contributed by atoms with Gasteiger partial charge < -0.3 is 9.30 Å². The van der Waals surface area contributed by atoms with Crippen LogP contribution in [0.5, 0.6) is 0 Å². The molecular weight excluding hydrogens is 399 g/mol. The van der Waals surface area contributed by atoms with E-state index in [4.69, 9.17) is 4.74 Å². The van der Waals surface area contributed by atoms with E-state index in [1.807, 2.05) is 24.3 Å². The van der Waals surface area contributed by atoms with E-state index in [-0.39, 0.29) is 18.7 Å². The van der Waals surface area contributed by atoms with Crippen LogP contribution in [0.2, 0.25) is 0 Å². The Morgan fingerprint density at radius 1 is 1.06 bits per heavy atom. The number of ether oxygens (including phenoxy) is 1. The lowest BCUT2D eigenvalue weighted by molar-refractivity contribution is -0.155. The Labute approximate surface area is 179 Å². The highest BCUT2D eigenvalue weighted by Gasteiger charge is 2.35. The average molecular weight is 422 g/mol. The number of hydrogen-bond donors (Lipinski definition) is 0. The first-order valence-corrected chi connectivity index (χ1v) is 10.1. The van der Waals surface area contributed by atoms with Crippen molar-refractivity contribution in [3.8, 4) is 0 Å². The fraction of sp³-hybridized carbons (Fsp3) is 0.292. The molecule has 0 saturated carbocycles. The third-order valence-corrected chi connectivity index (χ3v) is 5.15. The number of esters is 1. The summed E-state index contributed by atoms with van der Waals surface area (Å²) < 4.78 is 20.3. The van der Waals surface area contributed by atoms with Crippen molar-refractivity contribution < 1.29 is 23.5 Å². The number of aromatic nitrogens is 1. The molecule has 1 aromatic heterocycles. The summed E-state index contributed by atoms with van der Waals surface area (Å²) in [7, 11) is 0. The molecule has 31 heavy (non-hydrogen) atoms. The standard InChI is InChI=1S/C24H23FN2O4/c1-24(2,3)31-20(28)14-27-19-7-5-4-6-17(19)18-12-13-26(23(30)21(18)27)22(29)15-8-10-16(25)11-9-15/h4-11H,12-14H2,1-3H3. The number of imide groups is 1. The molecule has 3 aromatic rings. The highest BCUT2D eigenvalue weighted by atomic mass is 19.1. The summed E-state index contributed by atoms with van der Waals surface area (Å²) in [6, 6.07) is 12.6. The summed E-state index contributed by atoms with van der Waals surface area (Å²) in [5, 5.41) is 0.878. The molecule has 0 bridgehead atoms. The molecular formula is C24H23FN2O4. The number of halogens is 1. The van der Waals surface area contributed by atoms with Crippen molar-refractivity contribution in [3.63, 3.8) is 0 Å². The van der Waals surface area contributed by atoms with Gasteiger partial charge in [0.1, 0.15) is 23.7 Å². The predicted molar refractivity (Wildman–Crippen MR) is 113 cm³/mol. The van der Waals surface area contributed by atoms with Gasteiger partial charge in [-0.15, -0.1) is 0 Å². The van der Waals surface area contributed by atoms with Crippen LogP contribution in [0.4, 0.5) is 4.39 Å². The number of rotatable bonds is 3. The van der Waals surface area contributed by atoms with E-state index in [9.17, 15) is 18.8 Å². The summed E-state index contributed by atoms with van der Waals surface area (Å²) in [6.45, 7) is 5.41. The summed E-state index contributed by atoms with van der Waals surface area (Å²) >= 11 is 0. The Morgan fingerprint density at radius 3 is 2.42 bits per heavy atom. The number of benzene rings is 2. The summed E-state index contributed by atoms with van der Waals surface area (Å²) in [5.74, 6) is -1.90. The Morgan fingerprint density at radius 2 is 1.74 bits per heavy atom. The number of hydrogen-bond acceptors (Lipinski definition) is 4. The lowest BCUT2D eigenvalue weighted by atomic mass is 10.0. The minimum Gasteiger partial charge on any atom is -0.459 e. The SMILES string of the molecule is CC(C)(C)OC(=O)Cn1c2c(c3ccccc31)CCN(C(=O)c1ccc(F)cc1)C2=O. The van der Waals surface area contributed by atoms with Crippen LogP contribution in [-0.2, 0) is 22.5 Å². The zero-order valence-corrected chi connectivity index (χ0v) is 17.6. The summed E-state index contributed by atoms with van der Waals surface area (Å²) in [6.07, 6.45) is 0.468. The number of fused-ring (bicyclic) bond motifs is 3. The third-order valence-electron chi connectivity index (χ3n) is 5.15. The highest BCUT2D eigenvalue weighted by molar-refractivity contribution is 6.13. The van der Waals surface area contributed by atoms with Crippen molar-refractivity contribution in [2.45, 2.75) is 39.3 Å². The topological polar surface area (TPSA) is 68.6 Å². The van der Waals surface area contributed by atoms with Crippen LogP contribution >= 0.6 is 0 Å². The van der Waals surface area contributed by atoms with E-state index in [0.29, 0.717) is 12.1 Å². The van der Waals surface area contributed by atoms with Gasteiger partial charge in [-0.05, 0) is 63.1 Å². The van der Waals surface area contributed by atoms with E-state index >= 15 is 0 Å². The molecule has 0 radical (unpaired) electrons. The van der Waals surface area contributed by atoms with Crippen LogP contribution < -0.4 is 0 Å². The molecule has 1 aliphatic heterocycles. The lowest BCUT2D eigenvalue weighted by Gasteiger charge is -2.27.